The lowest BCUT2D eigenvalue weighted by Gasteiger charge is -2.10. The largest absolute Gasteiger partial charge is 0.494 e. The van der Waals surface area contributed by atoms with Crippen LogP contribution >= 0.6 is 11.6 Å². The van der Waals surface area contributed by atoms with E-state index in [0.717, 1.165) is 35.8 Å². The number of carbonyl (C=O) groups excluding carboxylic acids is 1. The summed E-state index contributed by atoms with van der Waals surface area (Å²) in [7, 11) is 0. The molecule has 3 heteroatoms. The second-order valence-corrected chi connectivity index (χ2v) is 6.22. The third-order valence-corrected chi connectivity index (χ3v) is 4.32. The van der Waals surface area contributed by atoms with Crippen molar-refractivity contribution in [3.63, 3.8) is 0 Å². The van der Waals surface area contributed by atoms with Crippen LogP contribution in [0.1, 0.15) is 43.5 Å². The second kappa shape index (κ2) is 8.73. The van der Waals surface area contributed by atoms with Crippen LogP contribution in [0.4, 0.5) is 0 Å². The fourth-order valence-corrected chi connectivity index (χ4v) is 2.49. The van der Waals surface area contributed by atoms with Gasteiger partial charge in [-0.15, -0.1) is 0 Å². The molecule has 2 aromatic carbocycles. The molecule has 0 radical (unpaired) electrons. The Hall–Kier alpha value is -1.80. The molecule has 23 heavy (non-hydrogen) atoms. The Kier molecular flexibility index (Phi) is 6.66. The molecular weight excluding hydrogens is 308 g/mol. The van der Waals surface area contributed by atoms with E-state index >= 15 is 0 Å². The third kappa shape index (κ3) is 5.40. The van der Waals surface area contributed by atoms with Crippen LogP contribution in [0.15, 0.2) is 48.5 Å². The topological polar surface area (TPSA) is 26.3 Å². The first kappa shape index (κ1) is 17.6. The van der Waals surface area contributed by atoms with Crippen molar-refractivity contribution < 1.29 is 9.53 Å². The van der Waals surface area contributed by atoms with Gasteiger partial charge in [-0.25, -0.2) is 0 Å². The highest BCUT2D eigenvalue weighted by Crippen LogP contribution is 2.23. The molecule has 0 N–H and O–H groups in total. The summed E-state index contributed by atoms with van der Waals surface area (Å²) in [5.41, 5.74) is 2.65. The van der Waals surface area contributed by atoms with Gasteiger partial charge in [0.2, 0.25) is 0 Å². The van der Waals surface area contributed by atoms with Gasteiger partial charge in [0.25, 0.3) is 5.24 Å². The molecule has 0 fully saturated rings. The van der Waals surface area contributed by atoms with Gasteiger partial charge >= 0.3 is 0 Å². The molecule has 0 saturated carbocycles. The maximum atomic E-state index is 11.1. The molecule has 0 spiro atoms. The van der Waals surface area contributed by atoms with E-state index in [2.05, 4.69) is 13.8 Å². The third-order valence-electron chi connectivity index (χ3n) is 4.11. The lowest BCUT2D eigenvalue weighted by Crippen LogP contribution is -2.00. The first-order valence-electron chi connectivity index (χ1n) is 8.13. The normalized spacial score (nSPS) is 12.0. The van der Waals surface area contributed by atoms with Gasteiger partial charge < -0.3 is 4.74 Å². The number of hydrogen-bond donors (Lipinski definition) is 0. The minimum absolute atomic E-state index is 0.433. The lowest BCUT2D eigenvalue weighted by molar-refractivity contribution is 0.108. The maximum Gasteiger partial charge on any atom is 0.252 e. The van der Waals surface area contributed by atoms with Gasteiger partial charge in [0.15, 0.2) is 0 Å². The quantitative estimate of drug-likeness (QED) is 0.442. The minimum atomic E-state index is -0.433. The van der Waals surface area contributed by atoms with E-state index in [-0.39, 0.29) is 0 Å². The lowest BCUT2D eigenvalue weighted by atomic mass is 10.0. The van der Waals surface area contributed by atoms with Crippen LogP contribution in [0, 0.1) is 5.92 Å². The zero-order chi connectivity index (χ0) is 16.7. The molecule has 0 saturated heterocycles. The van der Waals surface area contributed by atoms with Crippen LogP contribution in [-0.4, -0.2) is 11.8 Å². The highest BCUT2D eigenvalue weighted by Gasteiger charge is 2.03. The van der Waals surface area contributed by atoms with Crippen LogP contribution < -0.4 is 4.74 Å². The molecule has 0 heterocycles. The van der Waals surface area contributed by atoms with Crippen LogP contribution in [0.2, 0.25) is 0 Å². The van der Waals surface area contributed by atoms with Crippen LogP contribution in [0.5, 0.6) is 5.75 Å². The summed E-state index contributed by atoms with van der Waals surface area (Å²) in [5, 5.41) is -0.433. The number of benzene rings is 2. The smallest absolute Gasteiger partial charge is 0.252 e. The van der Waals surface area contributed by atoms with Crippen molar-refractivity contribution in [2.75, 3.05) is 6.61 Å². The van der Waals surface area contributed by atoms with Crippen molar-refractivity contribution in [2.45, 2.75) is 33.1 Å². The van der Waals surface area contributed by atoms with E-state index in [1.165, 1.54) is 12.8 Å². The van der Waals surface area contributed by atoms with E-state index in [0.29, 0.717) is 5.56 Å². The predicted molar refractivity (Wildman–Crippen MR) is 96.2 cm³/mol. The molecule has 122 valence electrons. The van der Waals surface area contributed by atoms with Crippen molar-refractivity contribution in [3.8, 4) is 16.9 Å². The first-order chi connectivity index (χ1) is 11.1. The number of carbonyl (C=O) groups is 1. The van der Waals surface area contributed by atoms with Crippen molar-refractivity contribution in [3.05, 3.63) is 54.1 Å². The monoisotopic (exact) mass is 330 g/mol. The van der Waals surface area contributed by atoms with Gasteiger partial charge in [0.05, 0.1) is 6.61 Å². The average Bonchev–Trinajstić information content (AvgIpc) is 2.59. The molecule has 0 amide bonds. The van der Waals surface area contributed by atoms with E-state index < -0.39 is 5.24 Å². The molecule has 0 aliphatic heterocycles. The van der Waals surface area contributed by atoms with Crippen molar-refractivity contribution in [2.24, 2.45) is 5.92 Å². The van der Waals surface area contributed by atoms with Crippen LogP contribution in [0.25, 0.3) is 11.1 Å². The SMILES string of the molecule is CC[C@H](C)CCCOc1ccc(-c2ccc(C(=O)Cl)cc2)cc1. The van der Waals surface area contributed by atoms with Crippen molar-refractivity contribution in [1.29, 1.82) is 0 Å². The van der Waals surface area contributed by atoms with Crippen molar-refractivity contribution >= 4 is 16.8 Å². The molecule has 0 bridgehead atoms. The maximum absolute atomic E-state index is 11.1. The van der Waals surface area contributed by atoms with Gasteiger partial charge in [-0.05, 0) is 65.8 Å². The molecule has 2 rings (SSSR count). The van der Waals surface area contributed by atoms with E-state index in [9.17, 15) is 4.79 Å². The Morgan fingerprint density at radius 2 is 1.61 bits per heavy atom. The highest BCUT2D eigenvalue weighted by atomic mass is 35.5. The van der Waals surface area contributed by atoms with E-state index in [1.807, 2.05) is 36.4 Å². The molecule has 0 aliphatic carbocycles. The minimum Gasteiger partial charge on any atom is -0.494 e. The first-order valence-corrected chi connectivity index (χ1v) is 8.51. The van der Waals surface area contributed by atoms with Crippen molar-refractivity contribution in [1.82, 2.24) is 0 Å². The summed E-state index contributed by atoms with van der Waals surface area (Å²) in [6.07, 6.45) is 3.52. The summed E-state index contributed by atoms with van der Waals surface area (Å²) in [5.74, 6) is 1.66. The molecule has 2 aromatic rings. The van der Waals surface area contributed by atoms with Crippen LogP contribution in [0.3, 0.4) is 0 Å². The number of ether oxygens (including phenoxy) is 1. The molecule has 0 unspecified atom stereocenters. The number of rotatable bonds is 8. The Morgan fingerprint density at radius 1 is 1.04 bits per heavy atom. The fourth-order valence-electron chi connectivity index (χ4n) is 2.36. The Morgan fingerprint density at radius 3 is 2.13 bits per heavy atom. The summed E-state index contributed by atoms with van der Waals surface area (Å²) < 4.78 is 5.78. The zero-order valence-electron chi connectivity index (χ0n) is 13.7. The van der Waals surface area contributed by atoms with E-state index in [4.69, 9.17) is 16.3 Å². The van der Waals surface area contributed by atoms with Crippen LogP contribution in [-0.2, 0) is 0 Å². The van der Waals surface area contributed by atoms with Gasteiger partial charge in [0, 0.05) is 5.56 Å². The zero-order valence-corrected chi connectivity index (χ0v) is 14.5. The highest BCUT2D eigenvalue weighted by molar-refractivity contribution is 6.67. The van der Waals surface area contributed by atoms with Gasteiger partial charge in [-0.2, -0.15) is 0 Å². The molecule has 0 aliphatic rings. The van der Waals surface area contributed by atoms with Gasteiger partial charge in [-0.1, -0.05) is 44.5 Å². The summed E-state index contributed by atoms with van der Waals surface area (Å²) >= 11 is 5.46. The fraction of sp³-hybridized carbons (Fsp3) is 0.350. The van der Waals surface area contributed by atoms with E-state index in [1.54, 1.807) is 12.1 Å². The molecule has 0 aromatic heterocycles. The predicted octanol–water partition coefficient (Wildman–Crippen LogP) is 5.94. The standard InChI is InChI=1S/C20H23ClO2/c1-3-15(2)5-4-14-23-19-12-10-17(11-13-19)16-6-8-18(9-7-16)20(21)22/h6-13,15H,3-5,14H2,1-2H3/t15-/m0/s1. The Balaban J connectivity index is 1.90. The second-order valence-electron chi connectivity index (χ2n) is 5.88. The van der Waals surface area contributed by atoms with Gasteiger partial charge in [0.1, 0.15) is 5.75 Å². The molecular formula is C20H23ClO2. The summed E-state index contributed by atoms with van der Waals surface area (Å²) in [4.78, 5) is 11.1. The Labute approximate surface area is 143 Å². The molecule has 2 nitrogen and oxygen atoms in total. The Bertz CT molecular complexity index is 617. The number of halogens is 1. The summed E-state index contributed by atoms with van der Waals surface area (Å²) in [6, 6.07) is 15.3. The van der Waals surface area contributed by atoms with Gasteiger partial charge in [-0.3, -0.25) is 4.79 Å². The average molecular weight is 331 g/mol. The molecule has 1 atom stereocenters. The number of hydrogen-bond acceptors (Lipinski definition) is 2. The summed E-state index contributed by atoms with van der Waals surface area (Å²) in [6.45, 7) is 5.26.